The average Bonchev–Trinajstić information content (AvgIpc) is 3.29. The molecule has 6 rings (SSSR count). The van der Waals surface area contributed by atoms with Crippen molar-refractivity contribution >= 4 is 50.4 Å². The van der Waals surface area contributed by atoms with Gasteiger partial charge in [0.2, 0.25) is 11.6 Å². The highest BCUT2D eigenvalue weighted by molar-refractivity contribution is 8.05. The Bertz CT molecular complexity index is 2100. The van der Waals surface area contributed by atoms with Crippen molar-refractivity contribution in [1.82, 2.24) is 5.32 Å². The van der Waals surface area contributed by atoms with E-state index >= 15 is 0 Å². The first-order valence-corrected chi connectivity index (χ1v) is 20.1. The number of thioether (sulfide) groups is 1. The SMILES string of the molecule is CC(=O)OC1[C@H](C)C(O)[C@H](C)CC(C)/C=C/C=C(/C)C(=O)NC2=C3SC4C=CC=C(OP)C(=C4)N=C3c3c(c(O)c(C)c4c3C(=O)C(C)(OCC[C@H]1C)O4)C2=O. The Labute approximate surface area is 333 Å². The highest BCUT2D eigenvalue weighted by Gasteiger charge is 2.52. The molecule has 0 spiro atoms. The molecule has 9 atom stereocenters. The highest BCUT2D eigenvalue weighted by atomic mass is 32.2. The van der Waals surface area contributed by atoms with Crippen molar-refractivity contribution in [3.05, 3.63) is 92.4 Å². The van der Waals surface area contributed by atoms with Crippen LogP contribution in [0.25, 0.3) is 0 Å². The number of carbonyl (C=O) groups is 4. The second-order valence-corrected chi connectivity index (χ2v) is 16.8. The van der Waals surface area contributed by atoms with Crippen molar-refractivity contribution in [3.8, 4) is 11.5 Å². The molecule has 2 aliphatic carbocycles. The number of phenolic OH excluding ortho intramolecular Hbond substituents is 1. The van der Waals surface area contributed by atoms with E-state index in [9.17, 15) is 29.4 Å². The molecule has 0 saturated heterocycles. The van der Waals surface area contributed by atoms with Gasteiger partial charge in [-0.2, -0.15) is 0 Å². The van der Waals surface area contributed by atoms with E-state index in [1.54, 1.807) is 32.1 Å². The fourth-order valence-electron chi connectivity index (χ4n) is 7.88. The number of carbonyl (C=O) groups excluding carboxylic acids is 4. The summed E-state index contributed by atoms with van der Waals surface area (Å²) >= 11 is 1.26. The van der Waals surface area contributed by atoms with Crippen LogP contribution >= 0.6 is 21.2 Å². The minimum absolute atomic E-state index is 0.00650. The molecule has 6 unspecified atom stereocenters. The van der Waals surface area contributed by atoms with Gasteiger partial charge in [-0.1, -0.05) is 58.1 Å². The number of aliphatic hydroxyl groups excluding tert-OH is 1. The zero-order chi connectivity index (χ0) is 40.8. The van der Waals surface area contributed by atoms with Crippen LogP contribution in [0, 0.1) is 30.6 Å². The van der Waals surface area contributed by atoms with Gasteiger partial charge in [-0.25, -0.2) is 4.99 Å². The van der Waals surface area contributed by atoms with Gasteiger partial charge in [0.15, 0.2) is 0 Å². The molecule has 3 aliphatic heterocycles. The third kappa shape index (κ3) is 7.71. The Morgan fingerprint density at radius 3 is 2.46 bits per heavy atom. The molecule has 0 fully saturated rings. The summed E-state index contributed by atoms with van der Waals surface area (Å²) in [6.07, 6.45) is 12.1. The van der Waals surface area contributed by atoms with E-state index in [2.05, 4.69) is 14.8 Å². The number of benzene rings is 1. The highest BCUT2D eigenvalue weighted by Crippen LogP contribution is 2.51. The number of ketones is 2. The number of allylic oxidation sites excluding steroid dienone is 7. The molecule has 0 radical (unpaired) electrons. The Balaban J connectivity index is 1.52. The monoisotopic (exact) mass is 804 g/mol. The number of ether oxygens (including phenoxy) is 3. The van der Waals surface area contributed by atoms with Gasteiger partial charge < -0.3 is 34.3 Å². The molecule has 0 saturated carbocycles. The van der Waals surface area contributed by atoms with Crippen molar-refractivity contribution in [2.45, 2.75) is 91.5 Å². The number of esters is 1. The van der Waals surface area contributed by atoms with Crippen LogP contribution in [0.4, 0.5) is 0 Å². The predicted octanol–water partition coefficient (Wildman–Crippen LogP) is 6.71. The second-order valence-electron chi connectivity index (χ2n) is 15.4. The Morgan fingerprint density at radius 2 is 1.77 bits per heavy atom. The first-order chi connectivity index (χ1) is 26.5. The number of amides is 1. The number of aliphatic hydroxyl groups is 1. The van der Waals surface area contributed by atoms with Crippen molar-refractivity contribution in [3.63, 3.8) is 0 Å². The van der Waals surface area contributed by atoms with Gasteiger partial charge in [0, 0.05) is 41.7 Å². The molecule has 3 N–H and O–H groups in total. The van der Waals surface area contributed by atoms with Gasteiger partial charge in [-0.15, -0.1) is 11.8 Å². The molecular weight excluding hydrogens is 756 g/mol. The molecule has 56 heavy (non-hydrogen) atoms. The van der Waals surface area contributed by atoms with Crippen LogP contribution in [-0.2, 0) is 23.6 Å². The van der Waals surface area contributed by atoms with Crippen LogP contribution in [0.2, 0.25) is 0 Å². The number of rotatable bonds is 2. The van der Waals surface area contributed by atoms with Gasteiger partial charge in [0.05, 0.1) is 43.9 Å². The minimum atomic E-state index is -1.87. The molecule has 1 aromatic rings. The number of nitrogens with one attached hydrogen (secondary N) is 1. The number of hydrogen-bond acceptors (Lipinski definition) is 12. The lowest BCUT2D eigenvalue weighted by Gasteiger charge is -2.35. The largest absolute Gasteiger partial charge is 0.507 e. The molecule has 1 amide bonds. The standard InChI is InChI=1S/C42H49N2O10PS/c1-19-11-9-12-21(3)41(50)44-33-36(48)30-29(32-39(33)56-26-13-10-14-28(54-55)27(18-26)43-32)31-38(24(6)35(30)47)53-42(8,40(31)49)51-16-15-20(2)37(52-25(7)45)23(5)34(46)22(4)17-19/h9-14,18-20,22-23,26,34,37,46-47H,15-17,55H2,1-8H3,(H,44,50)/b11-9+,21-12-/t19?,20-,22-,23-,26?,34?,37?,42?/m1/s1. The lowest BCUT2D eigenvalue weighted by molar-refractivity contribution is -0.159. The number of nitrogens with zero attached hydrogens (tertiary/aromatic N) is 1. The predicted molar refractivity (Wildman–Crippen MR) is 216 cm³/mol. The topological polar surface area (TPSA) is 170 Å². The summed E-state index contributed by atoms with van der Waals surface area (Å²) in [5.41, 5.74) is 0.827. The molecule has 14 heteroatoms. The molecular formula is C42H49N2O10PS. The van der Waals surface area contributed by atoms with E-state index in [0.717, 1.165) is 0 Å². The minimum Gasteiger partial charge on any atom is -0.507 e. The zero-order valence-corrected chi connectivity index (χ0v) is 34.8. The maximum Gasteiger partial charge on any atom is 0.302 e. The summed E-state index contributed by atoms with van der Waals surface area (Å²) in [5.74, 6) is -5.02. The van der Waals surface area contributed by atoms with E-state index in [0.29, 0.717) is 34.8 Å². The molecule has 298 valence electrons. The third-order valence-electron chi connectivity index (χ3n) is 11.0. The van der Waals surface area contributed by atoms with Crippen molar-refractivity contribution in [2.24, 2.45) is 28.7 Å². The first kappa shape index (κ1) is 41.3. The average molecular weight is 805 g/mol. The number of aromatic hydroxyl groups is 1. The molecule has 12 nitrogen and oxygen atoms in total. The van der Waals surface area contributed by atoms with Crippen LogP contribution in [-0.4, -0.2) is 69.2 Å². The van der Waals surface area contributed by atoms with Crippen LogP contribution in [0.1, 0.15) is 93.2 Å². The number of fused-ring (bicyclic) bond motifs is 2. The summed E-state index contributed by atoms with van der Waals surface area (Å²) in [6.45, 7) is 13.7. The maximum absolute atomic E-state index is 14.7. The fraction of sp³-hybridized carbons (Fsp3) is 0.452. The molecule has 5 aliphatic rings. The van der Waals surface area contributed by atoms with Crippen LogP contribution in [0.3, 0.4) is 0 Å². The molecule has 0 aromatic heterocycles. The lowest BCUT2D eigenvalue weighted by atomic mass is 9.80. The summed E-state index contributed by atoms with van der Waals surface area (Å²) in [4.78, 5) is 60.7. The summed E-state index contributed by atoms with van der Waals surface area (Å²) < 4.78 is 23.9. The number of Topliss-reactive ketones (excluding diaryl/α,β-unsaturated/α-hetero) is 2. The van der Waals surface area contributed by atoms with Gasteiger partial charge in [-0.3, -0.25) is 19.2 Å². The smallest absolute Gasteiger partial charge is 0.302 e. The normalized spacial score (nSPS) is 32.5. The van der Waals surface area contributed by atoms with Gasteiger partial charge in [0.1, 0.15) is 34.8 Å². The van der Waals surface area contributed by atoms with E-state index in [-0.39, 0.29) is 69.0 Å². The molecule has 1 aromatic carbocycles. The maximum atomic E-state index is 14.7. The van der Waals surface area contributed by atoms with Crippen LogP contribution in [0.15, 0.2) is 75.2 Å². The van der Waals surface area contributed by atoms with Gasteiger partial charge in [-0.05, 0) is 56.6 Å². The number of hydrogen-bond donors (Lipinski definition) is 3. The van der Waals surface area contributed by atoms with Crippen LogP contribution < -0.4 is 10.1 Å². The van der Waals surface area contributed by atoms with Crippen molar-refractivity contribution in [2.75, 3.05) is 6.61 Å². The van der Waals surface area contributed by atoms with Crippen molar-refractivity contribution < 1.29 is 48.1 Å². The van der Waals surface area contributed by atoms with Gasteiger partial charge >= 0.3 is 5.97 Å². The van der Waals surface area contributed by atoms with E-state index in [4.69, 9.17) is 23.7 Å². The lowest BCUT2D eigenvalue weighted by Crippen LogP contribution is -2.42. The van der Waals surface area contributed by atoms with E-state index < -0.39 is 53.1 Å². The summed E-state index contributed by atoms with van der Waals surface area (Å²) in [5, 5.41) is 25.7. The van der Waals surface area contributed by atoms with E-state index in [1.807, 2.05) is 52.0 Å². The Kier molecular flexibility index (Phi) is 12.0. The second kappa shape index (κ2) is 16.3. The molecule has 3 heterocycles. The quantitative estimate of drug-likeness (QED) is 0.214. The summed E-state index contributed by atoms with van der Waals surface area (Å²) in [7, 11) is 2.20. The zero-order valence-electron chi connectivity index (χ0n) is 32.8. The fourth-order valence-corrected chi connectivity index (χ4v) is 9.24. The van der Waals surface area contributed by atoms with Crippen LogP contribution in [0.5, 0.6) is 11.5 Å². The van der Waals surface area contributed by atoms with Gasteiger partial charge in [0.25, 0.3) is 11.7 Å². The molecule has 6 bridgehead atoms. The number of phenols is 1. The first-order valence-electron chi connectivity index (χ1n) is 18.8. The summed E-state index contributed by atoms with van der Waals surface area (Å²) in [6, 6.07) is 0. The third-order valence-corrected chi connectivity index (χ3v) is 12.5. The number of aliphatic imine (C=N–C) groups is 1. The van der Waals surface area contributed by atoms with E-state index in [1.165, 1.54) is 25.6 Å². The van der Waals surface area contributed by atoms with Crippen molar-refractivity contribution in [1.29, 1.82) is 0 Å². The Morgan fingerprint density at radius 1 is 1.05 bits per heavy atom. The Hall–Kier alpha value is -4.29.